The Bertz CT molecular complexity index is 2050. The normalized spacial score (nSPS) is 10.8. The Morgan fingerprint density at radius 1 is 0.358 bits per heavy atom. The zero-order chi connectivity index (χ0) is 37.2. The predicted molar refractivity (Wildman–Crippen MR) is 194 cm³/mol. The van der Waals surface area contributed by atoms with Gasteiger partial charge in [0.2, 0.25) is 0 Å². The number of carbonyl (C=O) groups is 4. The smallest absolute Gasteiger partial charge is 0.423 e. The standard InChI is InChI=1S/C43H32O10/c1-43(2,31-19-23-33(24-20-31)50-41(46)52-37-17-9-15-35(27-37)48-39(44)29-11-5-3-6-12-29)32-21-25-34(26-22-32)51-42(47)53-38-18-10-16-36(28-38)49-40(45)30-13-7-4-8-14-30/h3-28H,1-2H3. The van der Waals surface area contributed by atoms with Gasteiger partial charge in [-0.15, -0.1) is 0 Å². The fourth-order valence-corrected chi connectivity index (χ4v) is 5.16. The highest BCUT2D eigenvalue weighted by atomic mass is 16.7. The van der Waals surface area contributed by atoms with E-state index in [0.29, 0.717) is 11.1 Å². The van der Waals surface area contributed by atoms with E-state index in [-0.39, 0.29) is 34.5 Å². The molecular weight excluding hydrogens is 676 g/mol. The Balaban J connectivity index is 1.00. The molecule has 0 spiro atoms. The maximum Gasteiger partial charge on any atom is 0.519 e. The topological polar surface area (TPSA) is 124 Å². The Labute approximate surface area is 305 Å². The van der Waals surface area contributed by atoms with E-state index in [2.05, 4.69) is 0 Å². The first-order valence-corrected chi connectivity index (χ1v) is 16.4. The van der Waals surface area contributed by atoms with Crippen molar-refractivity contribution in [3.63, 3.8) is 0 Å². The van der Waals surface area contributed by atoms with Crippen LogP contribution in [0.5, 0.6) is 34.5 Å². The summed E-state index contributed by atoms with van der Waals surface area (Å²) in [5, 5.41) is 0. The molecule has 6 aromatic rings. The van der Waals surface area contributed by atoms with Crippen LogP contribution < -0.4 is 28.4 Å². The number of carbonyl (C=O) groups excluding carboxylic acids is 4. The van der Waals surface area contributed by atoms with Crippen LogP contribution in [0.25, 0.3) is 0 Å². The van der Waals surface area contributed by atoms with E-state index in [1.165, 1.54) is 12.1 Å². The average molecular weight is 709 g/mol. The van der Waals surface area contributed by atoms with Crippen molar-refractivity contribution in [3.05, 3.63) is 180 Å². The third-order valence-corrected chi connectivity index (χ3v) is 8.01. The highest BCUT2D eigenvalue weighted by Gasteiger charge is 2.24. The summed E-state index contributed by atoms with van der Waals surface area (Å²) in [6.45, 7) is 4.05. The van der Waals surface area contributed by atoms with Crippen molar-refractivity contribution in [2.45, 2.75) is 19.3 Å². The fourth-order valence-electron chi connectivity index (χ4n) is 5.16. The van der Waals surface area contributed by atoms with E-state index in [1.54, 1.807) is 121 Å². The molecule has 53 heavy (non-hydrogen) atoms. The number of esters is 2. The average Bonchev–Trinajstić information content (AvgIpc) is 3.16. The van der Waals surface area contributed by atoms with Crippen LogP contribution in [0.4, 0.5) is 9.59 Å². The van der Waals surface area contributed by atoms with Crippen molar-refractivity contribution < 1.29 is 47.6 Å². The SMILES string of the molecule is CC(C)(c1ccc(OC(=O)Oc2cccc(OC(=O)c3ccccc3)c2)cc1)c1ccc(OC(=O)Oc2cccc(OC(=O)c3ccccc3)c2)cc1. The maximum absolute atomic E-state index is 12.5. The van der Waals surface area contributed by atoms with E-state index >= 15 is 0 Å². The molecule has 6 rings (SSSR count). The lowest BCUT2D eigenvalue weighted by atomic mass is 9.78. The van der Waals surface area contributed by atoms with E-state index in [1.807, 2.05) is 38.1 Å². The summed E-state index contributed by atoms with van der Waals surface area (Å²) >= 11 is 0. The van der Waals surface area contributed by atoms with Gasteiger partial charge in [-0.1, -0.05) is 86.6 Å². The van der Waals surface area contributed by atoms with Crippen LogP contribution in [0, 0.1) is 0 Å². The van der Waals surface area contributed by atoms with Crippen LogP contribution in [0.2, 0.25) is 0 Å². The van der Waals surface area contributed by atoms with Gasteiger partial charge < -0.3 is 28.4 Å². The number of benzene rings is 6. The van der Waals surface area contributed by atoms with Gasteiger partial charge >= 0.3 is 24.2 Å². The van der Waals surface area contributed by atoms with Crippen LogP contribution in [-0.2, 0) is 5.41 Å². The highest BCUT2D eigenvalue weighted by molar-refractivity contribution is 5.91. The minimum absolute atomic E-state index is 0.142. The lowest BCUT2D eigenvalue weighted by Crippen LogP contribution is -2.19. The highest BCUT2D eigenvalue weighted by Crippen LogP contribution is 2.34. The molecule has 0 saturated heterocycles. The largest absolute Gasteiger partial charge is 0.519 e. The van der Waals surface area contributed by atoms with Crippen molar-refractivity contribution in [1.29, 1.82) is 0 Å². The molecule has 0 heterocycles. The number of rotatable bonds is 10. The molecule has 0 aliphatic rings. The number of hydrogen-bond donors (Lipinski definition) is 0. The zero-order valence-corrected chi connectivity index (χ0v) is 28.6. The molecule has 0 fully saturated rings. The van der Waals surface area contributed by atoms with Gasteiger partial charge in [-0.25, -0.2) is 19.2 Å². The Kier molecular flexibility index (Phi) is 10.9. The van der Waals surface area contributed by atoms with Crippen molar-refractivity contribution in [1.82, 2.24) is 0 Å². The minimum Gasteiger partial charge on any atom is -0.423 e. The lowest BCUT2D eigenvalue weighted by Gasteiger charge is -2.26. The predicted octanol–water partition coefficient (Wildman–Crippen LogP) is 9.61. The molecule has 6 aromatic carbocycles. The first kappa shape index (κ1) is 35.6. The summed E-state index contributed by atoms with van der Waals surface area (Å²) in [7, 11) is 0. The first-order chi connectivity index (χ1) is 25.6. The third kappa shape index (κ3) is 9.53. The Hall–Kier alpha value is -7.20. The van der Waals surface area contributed by atoms with Crippen LogP contribution in [0.3, 0.4) is 0 Å². The van der Waals surface area contributed by atoms with E-state index < -0.39 is 29.7 Å². The second kappa shape index (κ2) is 16.2. The molecule has 10 heteroatoms. The van der Waals surface area contributed by atoms with Crippen LogP contribution in [0.1, 0.15) is 45.7 Å². The van der Waals surface area contributed by atoms with Crippen molar-refractivity contribution >= 4 is 24.2 Å². The lowest BCUT2D eigenvalue weighted by molar-refractivity contribution is 0.0724. The number of ether oxygens (including phenoxy) is 6. The van der Waals surface area contributed by atoms with Gasteiger partial charge in [0.1, 0.15) is 34.5 Å². The zero-order valence-electron chi connectivity index (χ0n) is 28.6. The van der Waals surface area contributed by atoms with Crippen LogP contribution in [-0.4, -0.2) is 24.2 Å². The van der Waals surface area contributed by atoms with Crippen LogP contribution in [0.15, 0.2) is 158 Å². The molecule has 10 nitrogen and oxygen atoms in total. The quantitative estimate of drug-likeness (QED) is 0.0772. The minimum atomic E-state index is -0.961. The summed E-state index contributed by atoms with van der Waals surface area (Å²) < 4.78 is 32.1. The molecule has 0 unspecified atom stereocenters. The van der Waals surface area contributed by atoms with E-state index in [4.69, 9.17) is 28.4 Å². The fraction of sp³-hybridized carbons (Fsp3) is 0.0698. The van der Waals surface area contributed by atoms with E-state index in [0.717, 1.165) is 11.1 Å². The summed E-state index contributed by atoms with van der Waals surface area (Å²) in [4.78, 5) is 49.8. The second-order valence-electron chi connectivity index (χ2n) is 12.0. The second-order valence-corrected chi connectivity index (χ2v) is 12.0. The van der Waals surface area contributed by atoms with Gasteiger partial charge in [0.15, 0.2) is 0 Å². The third-order valence-electron chi connectivity index (χ3n) is 8.01. The monoisotopic (exact) mass is 708 g/mol. The molecule has 0 atom stereocenters. The number of hydrogen-bond acceptors (Lipinski definition) is 10. The van der Waals surface area contributed by atoms with Gasteiger partial charge in [-0.05, 0) is 83.9 Å². The van der Waals surface area contributed by atoms with Gasteiger partial charge in [0, 0.05) is 17.5 Å². The molecule has 264 valence electrons. The van der Waals surface area contributed by atoms with Gasteiger partial charge in [0.05, 0.1) is 11.1 Å². The molecular formula is C43H32O10. The molecule has 0 aliphatic heterocycles. The molecule has 0 aliphatic carbocycles. The van der Waals surface area contributed by atoms with E-state index in [9.17, 15) is 19.2 Å². The molecule has 0 bridgehead atoms. The Morgan fingerprint density at radius 2 is 0.679 bits per heavy atom. The molecule has 0 aromatic heterocycles. The van der Waals surface area contributed by atoms with Crippen molar-refractivity contribution in [3.8, 4) is 34.5 Å². The molecule has 0 amide bonds. The summed E-state index contributed by atoms with van der Waals surface area (Å²) in [5.74, 6) is 0.158. The summed E-state index contributed by atoms with van der Waals surface area (Å²) in [6.07, 6.45) is -1.92. The summed E-state index contributed by atoms with van der Waals surface area (Å²) in [5.41, 5.74) is 2.14. The van der Waals surface area contributed by atoms with Gasteiger partial charge in [0.25, 0.3) is 0 Å². The van der Waals surface area contributed by atoms with Crippen molar-refractivity contribution in [2.24, 2.45) is 0 Å². The maximum atomic E-state index is 12.5. The van der Waals surface area contributed by atoms with Crippen molar-refractivity contribution in [2.75, 3.05) is 0 Å². The van der Waals surface area contributed by atoms with Crippen LogP contribution >= 0.6 is 0 Å². The first-order valence-electron chi connectivity index (χ1n) is 16.4. The Morgan fingerprint density at radius 3 is 1.04 bits per heavy atom. The molecule has 0 radical (unpaired) electrons. The van der Waals surface area contributed by atoms with Gasteiger partial charge in [-0.2, -0.15) is 0 Å². The van der Waals surface area contributed by atoms with Gasteiger partial charge in [-0.3, -0.25) is 0 Å². The molecule has 0 saturated carbocycles. The summed E-state index contributed by atoms with van der Waals surface area (Å²) in [6, 6.07) is 43.3. The molecule has 0 N–H and O–H groups in total.